The van der Waals surface area contributed by atoms with Crippen LogP contribution < -0.4 is 5.32 Å². The second kappa shape index (κ2) is 5.86. The van der Waals surface area contributed by atoms with E-state index in [4.69, 9.17) is 0 Å². The quantitative estimate of drug-likeness (QED) is 0.753. The number of hydrogen-bond donors (Lipinski definition) is 1. The molecule has 0 aliphatic carbocycles. The van der Waals surface area contributed by atoms with Gasteiger partial charge in [0, 0.05) is 12.1 Å². The first-order valence-electron chi connectivity index (χ1n) is 6.89. The standard InChI is InChI=1S/C13H26N2/c1-2-15-11-7-5-9-13(15)12-8-4-3-6-10-14-12/h12-14H,2-11H2,1H3. The van der Waals surface area contributed by atoms with E-state index in [9.17, 15) is 0 Å². The van der Waals surface area contributed by atoms with Gasteiger partial charge in [0.05, 0.1) is 0 Å². The lowest BCUT2D eigenvalue weighted by Crippen LogP contribution is -2.51. The van der Waals surface area contributed by atoms with Crippen molar-refractivity contribution >= 4 is 0 Å². The highest BCUT2D eigenvalue weighted by Crippen LogP contribution is 2.23. The molecule has 0 bridgehead atoms. The first-order valence-corrected chi connectivity index (χ1v) is 6.89. The summed E-state index contributed by atoms with van der Waals surface area (Å²) in [7, 11) is 0. The Hall–Kier alpha value is -0.0800. The molecule has 2 nitrogen and oxygen atoms in total. The molecule has 2 heterocycles. The summed E-state index contributed by atoms with van der Waals surface area (Å²) in [5, 5.41) is 3.77. The molecule has 2 aliphatic heterocycles. The van der Waals surface area contributed by atoms with Gasteiger partial charge in [0.2, 0.25) is 0 Å². The predicted octanol–water partition coefficient (Wildman–Crippen LogP) is 2.39. The second-order valence-corrected chi connectivity index (χ2v) is 5.10. The zero-order valence-corrected chi connectivity index (χ0v) is 10.2. The summed E-state index contributed by atoms with van der Waals surface area (Å²) in [6.07, 6.45) is 9.94. The molecule has 2 saturated heterocycles. The number of likely N-dealkylation sites (N-methyl/N-ethyl adjacent to an activating group) is 1. The summed E-state index contributed by atoms with van der Waals surface area (Å²) in [5.41, 5.74) is 0. The van der Waals surface area contributed by atoms with Crippen LogP contribution in [0.25, 0.3) is 0 Å². The van der Waals surface area contributed by atoms with Crippen molar-refractivity contribution in [3.63, 3.8) is 0 Å². The van der Waals surface area contributed by atoms with Crippen molar-refractivity contribution in [2.24, 2.45) is 0 Å². The molecule has 2 rings (SSSR count). The third-order valence-corrected chi connectivity index (χ3v) is 4.13. The smallest absolute Gasteiger partial charge is 0.0249 e. The summed E-state index contributed by atoms with van der Waals surface area (Å²) >= 11 is 0. The fourth-order valence-electron chi connectivity index (χ4n) is 3.25. The Labute approximate surface area is 94.4 Å². The highest BCUT2D eigenvalue weighted by Gasteiger charge is 2.28. The fourth-order valence-corrected chi connectivity index (χ4v) is 3.25. The maximum Gasteiger partial charge on any atom is 0.0249 e. The largest absolute Gasteiger partial charge is 0.312 e. The van der Waals surface area contributed by atoms with Crippen molar-refractivity contribution in [1.29, 1.82) is 0 Å². The van der Waals surface area contributed by atoms with Crippen molar-refractivity contribution in [1.82, 2.24) is 10.2 Å². The SMILES string of the molecule is CCN1CCCCC1C1CCCCCN1. The van der Waals surface area contributed by atoms with Gasteiger partial charge in [-0.3, -0.25) is 4.90 Å². The summed E-state index contributed by atoms with van der Waals surface area (Å²) in [5.74, 6) is 0. The van der Waals surface area contributed by atoms with Crippen LogP contribution in [0.5, 0.6) is 0 Å². The molecule has 2 aliphatic rings. The zero-order chi connectivity index (χ0) is 10.5. The predicted molar refractivity (Wildman–Crippen MR) is 65.1 cm³/mol. The van der Waals surface area contributed by atoms with Gasteiger partial charge in [-0.2, -0.15) is 0 Å². The number of nitrogens with one attached hydrogen (secondary N) is 1. The molecule has 0 saturated carbocycles. The van der Waals surface area contributed by atoms with Crippen LogP contribution in [0.1, 0.15) is 51.9 Å². The summed E-state index contributed by atoms with van der Waals surface area (Å²) in [6.45, 7) is 6.13. The Bertz CT molecular complexity index is 173. The van der Waals surface area contributed by atoms with Crippen molar-refractivity contribution < 1.29 is 0 Å². The van der Waals surface area contributed by atoms with Gasteiger partial charge in [-0.25, -0.2) is 0 Å². The van der Waals surface area contributed by atoms with Gasteiger partial charge >= 0.3 is 0 Å². The number of piperidine rings is 1. The molecule has 0 aromatic carbocycles. The maximum absolute atomic E-state index is 3.77. The molecule has 2 fully saturated rings. The number of nitrogens with zero attached hydrogens (tertiary/aromatic N) is 1. The van der Waals surface area contributed by atoms with Crippen LogP contribution in [-0.4, -0.2) is 36.6 Å². The fraction of sp³-hybridized carbons (Fsp3) is 1.00. The van der Waals surface area contributed by atoms with E-state index in [0.717, 1.165) is 12.1 Å². The van der Waals surface area contributed by atoms with Gasteiger partial charge in [-0.15, -0.1) is 0 Å². The molecule has 15 heavy (non-hydrogen) atoms. The van der Waals surface area contributed by atoms with Gasteiger partial charge in [0.25, 0.3) is 0 Å². The number of likely N-dealkylation sites (tertiary alicyclic amines) is 1. The minimum atomic E-state index is 0.785. The van der Waals surface area contributed by atoms with E-state index in [1.54, 1.807) is 0 Å². The summed E-state index contributed by atoms with van der Waals surface area (Å²) < 4.78 is 0. The van der Waals surface area contributed by atoms with Crippen molar-refractivity contribution in [2.45, 2.75) is 64.0 Å². The lowest BCUT2D eigenvalue weighted by molar-refractivity contribution is 0.119. The first kappa shape index (κ1) is 11.4. The highest BCUT2D eigenvalue weighted by atomic mass is 15.2. The van der Waals surface area contributed by atoms with E-state index in [-0.39, 0.29) is 0 Å². The average Bonchev–Trinajstić information content (AvgIpc) is 2.57. The van der Waals surface area contributed by atoms with Gasteiger partial charge in [-0.1, -0.05) is 26.2 Å². The third-order valence-electron chi connectivity index (χ3n) is 4.13. The monoisotopic (exact) mass is 210 g/mol. The van der Waals surface area contributed by atoms with E-state index < -0.39 is 0 Å². The van der Waals surface area contributed by atoms with Crippen LogP contribution in [-0.2, 0) is 0 Å². The molecule has 0 aromatic heterocycles. The van der Waals surface area contributed by atoms with Crippen LogP contribution in [0.4, 0.5) is 0 Å². The van der Waals surface area contributed by atoms with Crippen LogP contribution in [0.3, 0.4) is 0 Å². The lowest BCUT2D eigenvalue weighted by Gasteiger charge is -2.40. The Balaban J connectivity index is 1.92. The molecular weight excluding hydrogens is 184 g/mol. The van der Waals surface area contributed by atoms with E-state index in [1.807, 2.05) is 0 Å². The van der Waals surface area contributed by atoms with Crippen molar-refractivity contribution in [2.75, 3.05) is 19.6 Å². The molecule has 0 radical (unpaired) electrons. The second-order valence-electron chi connectivity index (χ2n) is 5.10. The Kier molecular flexibility index (Phi) is 4.45. The van der Waals surface area contributed by atoms with Crippen LogP contribution in [0.15, 0.2) is 0 Å². The minimum absolute atomic E-state index is 0.785. The third kappa shape index (κ3) is 2.94. The average molecular weight is 210 g/mol. The van der Waals surface area contributed by atoms with Crippen LogP contribution in [0.2, 0.25) is 0 Å². The molecule has 88 valence electrons. The Morgan fingerprint density at radius 2 is 1.93 bits per heavy atom. The summed E-state index contributed by atoms with van der Waals surface area (Å²) in [4.78, 5) is 2.70. The molecule has 2 atom stereocenters. The van der Waals surface area contributed by atoms with Crippen molar-refractivity contribution in [3.05, 3.63) is 0 Å². The number of hydrogen-bond acceptors (Lipinski definition) is 2. The molecule has 2 unspecified atom stereocenters. The minimum Gasteiger partial charge on any atom is -0.312 e. The van der Waals surface area contributed by atoms with E-state index in [2.05, 4.69) is 17.1 Å². The highest BCUT2D eigenvalue weighted by molar-refractivity contribution is 4.88. The molecule has 1 N–H and O–H groups in total. The maximum atomic E-state index is 3.77. The van der Waals surface area contributed by atoms with E-state index in [0.29, 0.717) is 0 Å². The molecule has 0 amide bonds. The first-order chi connectivity index (χ1) is 7.42. The van der Waals surface area contributed by atoms with Crippen LogP contribution >= 0.6 is 0 Å². The number of rotatable bonds is 2. The van der Waals surface area contributed by atoms with E-state index in [1.165, 1.54) is 64.6 Å². The Morgan fingerprint density at radius 3 is 2.80 bits per heavy atom. The molecular formula is C13H26N2. The van der Waals surface area contributed by atoms with Gasteiger partial charge in [-0.05, 0) is 45.3 Å². The molecule has 0 spiro atoms. The van der Waals surface area contributed by atoms with Gasteiger partial charge in [0.15, 0.2) is 0 Å². The zero-order valence-electron chi connectivity index (χ0n) is 10.2. The van der Waals surface area contributed by atoms with Gasteiger partial charge < -0.3 is 5.32 Å². The topological polar surface area (TPSA) is 15.3 Å². The Morgan fingerprint density at radius 1 is 1.07 bits per heavy atom. The van der Waals surface area contributed by atoms with Crippen molar-refractivity contribution in [3.8, 4) is 0 Å². The van der Waals surface area contributed by atoms with Gasteiger partial charge in [0.1, 0.15) is 0 Å². The van der Waals surface area contributed by atoms with E-state index >= 15 is 0 Å². The van der Waals surface area contributed by atoms with Crippen LogP contribution in [0, 0.1) is 0 Å². The molecule has 0 aromatic rings. The normalized spacial score (nSPS) is 35.0. The molecule has 2 heteroatoms. The summed E-state index contributed by atoms with van der Waals surface area (Å²) in [6, 6.07) is 1.62. The lowest BCUT2D eigenvalue weighted by atomic mass is 9.93.